The summed E-state index contributed by atoms with van der Waals surface area (Å²) < 4.78 is 0. The molecular weight excluding hydrogens is 248 g/mol. The fourth-order valence-corrected chi connectivity index (χ4v) is 1.85. The number of hydrogen-bond acceptors (Lipinski definition) is 4. The van der Waals surface area contributed by atoms with Crippen molar-refractivity contribution >= 4 is 17.4 Å². The first-order valence-corrected chi connectivity index (χ1v) is 6.11. The summed E-state index contributed by atoms with van der Waals surface area (Å²) in [5.41, 5.74) is 2.83. The molecular formula is C13H15ClN4. The van der Waals surface area contributed by atoms with E-state index in [0.717, 1.165) is 22.8 Å². The summed E-state index contributed by atoms with van der Waals surface area (Å²) in [7, 11) is 0. The fraction of sp³-hybridized carbons (Fsp3) is 0.308. The number of pyridine rings is 1. The van der Waals surface area contributed by atoms with Gasteiger partial charge in [-0.1, -0.05) is 17.7 Å². The summed E-state index contributed by atoms with van der Waals surface area (Å²) in [4.78, 5) is 12.9. The lowest BCUT2D eigenvalue weighted by Crippen LogP contribution is -2.07. The summed E-state index contributed by atoms with van der Waals surface area (Å²) in [6, 6.07) is 5.94. The monoisotopic (exact) mass is 262 g/mol. The number of nitrogens with zero attached hydrogens (tertiary/aromatic N) is 3. The van der Waals surface area contributed by atoms with E-state index in [-0.39, 0.29) is 0 Å². The molecule has 2 rings (SSSR count). The van der Waals surface area contributed by atoms with E-state index >= 15 is 0 Å². The molecule has 2 heterocycles. The smallest absolute Gasteiger partial charge is 0.137 e. The van der Waals surface area contributed by atoms with Crippen LogP contribution in [0.15, 0.2) is 18.2 Å². The molecule has 94 valence electrons. The van der Waals surface area contributed by atoms with Gasteiger partial charge in [0.05, 0.1) is 12.2 Å². The van der Waals surface area contributed by atoms with Crippen LogP contribution in [0.1, 0.15) is 22.8 Å². The lowest BCUT2D eigenvalue weighted by molar-refractivity contribution is 0.970. The quantitative estimate of drug-likeness (QED) is 0.864. The topological polar surface area (TPSA) is 50.7 Å². The van der Waals surface area contributed by atoms with Crippen LogP contribution in [0.3, 0.4) is 0 Å². The van der Waals surface area contributed by atoms with Gasteiger partial charge in [-0.25, -0.2) is 9.97 Å². The molecule has 2 aromatic heterocycles. The molecule has 0 aliphatic rings. The van der Waals surface area contributed by atoms with Crippen LogP contribution in [0.4, 0.5) is 5.82 Å². The van der Waals surface area contributed by atoms with E-state index in [4.69, 9.17) is 11.6 Å². The number of aryl methyl sites for hydroxylation is 2. The minimum atomic E-state index is 0.488. The standard InChI is InChI=1S/C13H15ClN4/c1-8-5-4-6-11(16-8)7-15-13-9(2)12(14)17-10(3)18-13/h4-6H,7H2,1-3H3,(H,15,17,18). The Kier molecular flexibility index (Phi) is 3.77. The zero-order valence-corrected chi connectivity index (χ0v) is 11.4. The van der Waals surface area contributed by atoms with Crippen molar-refractivity contribution in [1.82, 2.24) is 15.0 Å². The summed E-state index contributed by atoms with van der Waals surface area (Å²) in [6.07, 6.45) is 0. The average molecular weight is 263 g/mol. The van der Waals surface area contributed by atoms with Gasteiger partial charge in [-0.2, -0.15) is 0 Å². The van der Waals surface area contributed by atoms with Gasteiger partial charge in [0.2, 0.25) is 0 Å². The van der Waals surface area contributed by atoms with E-state index < -0.39 is 0 Å². The first-order chi connectivity index (χ1) is 8.56. The molecule has 0 saturated heterocycles. The van der Waals surface area contributed by atoms with Crippen molar-refractivity contribution in [2.75, 3.05) is 5.32 Å². The predicted molar refractivity (Wildman–Crippen MR) is 72.8 cm³/mol. The van der Waals surface area contributed by atoms with Gasteiger partial charge in [-0.3, -0.25) is 4.98 Å². The number of halogens is 1. The van der Waals surface area contributed by atoms with E-state index in [2.05, 4.69) is 20.3 Å². The average Bonchev–Trinajstić information content (AvgIpc) is 2.32. The zero-order valence-electron chi connectivity index (χ0n) is 10.7. The van der Waals surface area contributed by atoms with Crippen LogP contribution in [0, 0.1) is 20.8 Å². The molecule has 18 heavy (non-hydrogen) atoms. The molecule has 0 aliphatic carbocycles. The van der Waals surface area contributed by atoms with Gasteiger partial charge in [-0.05, 0) is 32.9 Å². The van der Waals surface area contributed by atoms with Crippen molar-refractivity contribution in [1.29, 1.82) is 0 Å². The number of aromatic nitrogens is 3. The first-order valence-electron chi connectivity index (χ1n) is 5.73. The summed E-state index contributed by atoms with van der Waals surface area (Å²) >= 11 is 6.02. The van der Waals surface area contributed by atoms with Crippen LogP contribution < -0.4 is 5.32 Å². The summed E-state index contributed by atoms with van der Waals surface area (Å²) in [5, 5.41) is 3.73. The second-order valence-electron chi connectivity index (χ2n) is 4.16. The Morgan fingerprint density at radius 2 is 1.89 bits per heavy atom. The molecule has 0 fully saturated rings. The highest BCUT2D eigenvalue weighted by Gasteiger charge is 2.07. The molecule has 2 aromatic rings. The number of rotatable bonds is 3. The van der Waals surface area contributed by atoms with Gasteiger partial charge < -0.3 is 5.32 Å². The van der Waals surface area contributed by atoms with Crippen molar-refractivity contribution in [3.63, 3.8) is 0 Å². The zero-order chi connectivity index (χ0) is 13.1. The maximum absolute atomic E-state index is 6.02. The number of nitrogens with one attached hydrogen (secondary N) is 1. The van der Waals surface area contributed by atoms with Crippen LogP contribution in [-0.2, 0) is 6.54 Å². The van der Waals surface area contributed by atoms with Crippen molar-refractivity contribution in [2.45, 2.75) is 27.3 Å². The molecule has 0 amide bonds. The second kappa shape index (κ2) is 5.31. The van der Waals surface area contributed by atoms with E-state index in [0.29, 0.717) is 17.5 Å². The molecule has 0 aromatic carbocycles. The van der Waals surface area contributed by atoms with E-state index in [1.165, 1.54) is 0 Å². The molecule has 0 unspecified atom stereocenters. The van der Waals surface area contributed by atoms with Crippen molar-refractivity contribution in [2.24, 2.45) is 0 Å². The maximum Gasteiger partial charge on any atom is 0.137 e. The SMILES string of the molecule is Cc1cccc(CNc2nc(C)nc(Cl)c2C)n1. The Hall–Kier alpha value is -1.68. The highest BCUT2D eigenvalue weighted by atomic mass is 35.5. The number of anilines is 1. The van der Waals surface area contributed by atoms with Crippen LogP contribution in [0.5, 0.6) is 0 Å². The Morgan fingerprint density at radius 3 is 2.61 bits per heavy atom. The van der Waals surface area contributed by atoms with Crippen LogP contribution in [0.25, 0.3) is 0 Å². The van der Waals surface area contributed by atoms with Crippen LogP contribution >= 0.6 is 11.6 Å². The predicted octanol–water partition coefficient (Wildman–Crippen LogP) is 3.06. The Labute approximate surface area is 111 Å². The Bertz CT molecular complexity index is 569. The van der Waals surface area contributed by atoms with Gasteiger partial charge in [-0.15, -0.1) is 0 Å². The highest BCUT2D eigenvalue weighted by Crippen LogP contribution is 2.19. The Morgan fingerprint density at radius 1 is 1.11 bits per heavy atom. The third-order valence-corrected chi connectivity index (χ3v) is 2.95. The molecule has 0 spiro atoms. The van der Waals surface area contributed by atoms with Gasteiger partial charge in [0.15, 0.2) is 0 Å². The van der Waals surface area contributed by atoms with Crippen molar-refractivity contribution in [3.8, 4) is 0 Å². The fourth-order valence-electron chi connectivity index (χ4n) is 1.64. The largest absolute Gasteiger partial charge is 0.364 e. The van der Waals surface area contributed by atoms with E-state index in [1.54, 1.807) is 0 Å². The third kappa shape index (κ3) is 2.96. The highest BCUT2D eigenvalue weighted by molar-refractivity contribution is 6.30. The summed E-state index contributed by atoms with van der Waals surface area (Å²) in [6.45, 7) is 6.31. The minimum absolute atomic E-state index is 0.488. The molecule has 1 N–H and O–H groups in total. The molecule has 5 heteroatoms. The Balaban J connectivity index is 2.15. The van der Waals surface area contributed by atoms with Crippen LogP contribution in [-0.4, -0.2) is 15.0 Å². The van der Waals surface area contributed by atoms with Gasteiger partial charge in [0.25, 0.3) is 0 Å². The van der Waals surface area contributed by atoms with Crippen LogP contribution in [0.2, 0.25) is 5.15 Å². The van der Waals surface area contributed by atoms with Crippen molar-refractivity contribution in [3.05, 3.63) is 46.1 Å². The van der Waals surface area contributed by atoms with E-state index in [9.17, 15) is 0 Å². The lowest BCUT2D eigenvalue weighted by atomic mass is 10.3. The van der Waals surface area contributed by atoms with Crippen molar-refractivity contribution < 1.29 is 0 Å². The maximum atomic E-state index is 6.02. The minimum Gasteiger partial charge on any atom is -0.364 e. The summed E-state index contributed by atoms with van der Waals surface area (Å²) in [5.74, 6) is 1.42. The van der Waals surface area contributed by atoms with Gasteiger partial charge >= 0.3 is 0 Å². The third-order valence-electron chi connectivity index (χ3n) is 2.58. The van der Waals surface area contributed by atoms with Gasteiger partial charge in [0.1, 0.15) is 16.8 Å². The normalized spacial score (nSPS) is 10.4. The number of hydrogen-bond donors (Lipinski definition) is 1. The molecule has 0 saturated carbocycles. The molecule has 0 radical (unpaired) electrons. The first kappa shape index (κ1) is 12.8. The second-order valence-corrected chi connectivity index (χ2v) is 4.52. The molecule has 0 aliphatic heterocycles. The lowest BCUT2D eigenvalue weighted by Gasteiger charge is -2.10. The molecule has 0 atom stereocenters. The molecule has 4 nitrogen and oxygen atoms in total. The molecule has 0 bridgehead atoms. The van der Waals surface area contributed by atoms with Gasteiger partial charge in [0, 0.05) is 11.3 Å². The van der Waals surface area contributed by atoms with E-state index in [1.807, 2.05) is 39.0 Å².